The van der Waals surface area contributed by atoms with Crippen molar-refractivity contribution in [2.45, 2.75) is 31.7 Å². The summed E-state index contributed by atoms with van der Waals surface area (Å²) >= 11 is 3.39. The third kappa shape index (κ3) is 6.34. The number of aryl methyl sites for hydroxylation is 2. The van der Waals surface area contributed by atoms with Gasteiger partial charge >= 0.3 is 0 Å². The lowest BCUT2D eigenvalue weighted by Crippen LogP contribution is -2.31. The Morgan fingerprint density at radius 1 is 1.00 bits per heavy atom. The van der Waals surface area contributed by atoms with E-state index in [1.807, 2.05) is 57.2 Å². The first kappa shape index (κ1) is 23.8. The SMILES string of the molecule is Cc1ccc(C)c(NS(=O)(=O)c2ccc(OCC(=O)NC(C)c3ccc(Br)cc3)cc2)c1. The van der Waals surface area contributed by atoms with Crippen molar-refractivity contribution in [3.8, 4) is 5.75 Å². The molecule has 8 heteroatoms. The van der Waals surface area contributed by atoms with Crippen molar-refractivity contribution >= 4 is 37.5 Å². The summed E-state index contributed by atoms with van der Waals surface area (Å²) < 4.78 is 34.5. The van der Waals surface area contributed by atoms with Gasteiger partial charge in [-0.1, -0.05) is 40.2 Å². The van der Waals surface area contributed by atoms with Gasteiger partial charge in [-0.05, 0) is 79.9 Å². The van der Waals surface area contributed by atoms with E-state index in [2.05, 4.69) is 26.0 Å². The number of ether oxygens (including phenoxy) is 1. The second-order valence-electron chi connectivity index (χ2n) is 7.52. The number of hydrogen-bond acceptors (Lipinski definition) is 4. The van der Waals surface area contributed by atoms with Gasteiger partial charge in [0.2, 0.25) is 0 Å². The van der Waals surface area contributed by atoms with Crippen LogP contribution >= 0.6 is 15.9 Å². The van der Waals surface area contributed by atoms with Gasteiger partial charge in [0.1, 0.15) is 5.75 Å². The van der Waals surface area contributed by atoms with Crippen LogP contribution in [0.3, 0.4) is 0 Å². The average molecular weight is 517 g/mol. The molecule has 0 radical (unpaired) electrons. The minimum absolute atomic E-state index is 0.110. The van der Waals surface area contributed by atoms with Gasteiger partial charge < -0.3 is 10.1 Å². The largest absolute Gasteiger partial charge is 0.484 e. The summed E-state index contributed by atoms with van der Waals surface area (Å²) in [7, 11) is -3.74. The minimum Gasteiger partial charge on any atom is -0.484 e. The summed E-state index contributed by atoms with van der Waals surface area (Å²) in [5.41, 5.74) is 3.32. The Morgan fingerprint density at radius 3 is 2.31 bits per heavy atom. The maximum Gasteiger partial charge on any atom is 0.261 e. The predicted octanol–water partition coefficient (Wildman–Crippen LogP) is 5.12. The molecule has 6 nitrogen and oxygen atoms in total. The number of halogens is 1. The van der Waals surface area contributed by atoms with Crippen LogP contribution in [0, 0.1) is 13.8 Å². The van der Waals surface area contributed by atoms with Gasteiger partial charge in [-0.15, -0.1) is 0 Å². The van der Waals surface area contributed by atoms with Crippen LogP contribution < -0.4 is 14.8 Å². The monoisotopic (exact) mass is 516 g/mol. The summed E-state index contributed by atoms with van der Waals surface area (Å²) in [6.45, 7) is 5.47. The van der Waals surface area contributed by atoms with Crippen molar-refractivity contribution in [2.24, 2.45) is 0 Å². The molecule has 1 amide bonds. The first-order valence-corrected chi connectivity index (χ1v) is 12.3. The number of benzene rings is 3. The fraction of sp³-hybridized carbons (Fsp3) is 0.208. The van der Waals surface area contributed by atoms with Crippen LogP contribution in [0.15, 0.2) is 76.1 Å². The molecule has 0 aliphatic carbocycles. The van der Waals surface area contributed by atoms with E-state index in [-0.39, 0.29) is 23.5 Å². The van der Waals surface area contributed by atoms with E-state index >= 15 is 0 Å². The van der Waals surface area contributed by atoms with E-state index in [1.165, 1.54) is 24.3 Å². The molecule has 3 aromatic rings. The van der Waals surface area contributed by atoms with Crippen molar-refractivity contribution in [3.05, 3.63) is 87.9 Å². The van der Waals surface area contributed by atoms with Gasteiger partial charge in [-0.25, -0.2) is 8.42 Å². The molecule has 1 atom stereocenters. The predicted molar refractivity (Wildman–Crippen MR) is 129 cm³/mol. The Labute approximate surface area is 197 Å². The van der Waals surface area contributed by atoms with E-state index in [4.69, 9.17) is 4.74 Å². The highest BCUT2D eigenvalue weighted by Gasteiger charge is 2.16. The summed E-state index contributed by atoms with van der Waals surface area (Å²) in [4.78, 5) is 12.3. The molecule has 3 aromatic carbocycles. The molecule has 0 aliphatic heterocycles. The van der Waals surface area contributed by atoms with Crippen LogP contribution in [0.2, 0.25) is 0 Å². The summed E-state index contributed by atoms with van der Waals surface area (Å²) in [6, 6.07) is 19.1. The molecule has 168 valence electrons. The second-order valence-corrected chi connectivity index (χ2v) is 10.1. The lowest BCUT2D eigenvalue weighted by Gasteiger charge is -2.15. The maximum absolute atomic E-state index is 12.7. The molecule has 0 heterocycles. The quantitative estimate of drug-likeness (QED) is 0.434. The number of sulfonamides is 1. The molecule has 0 saturated carbocycles. The maximum atomic E-state index is 12.7. The highest BCUT2D eigenvalue weighted by atomic mass is 79.9. The fourth-order valence-electron chi connectivity index (χ4n) is 3.03. The van der Waals surface area contributed by atoms with Gasteiger partial charge in [0.05, 0.1) is 16.6 Å². The second kappa shape index (κ2) is 10.2. The average Bonchev–Trinajstić information content (AvgIpc) is 2.75. The van der Waals surface area contributed by atoms with Crippen LogP contribution in [-0.2, 0) is 14.8 Å². The number of anilines is 1. The highest BCUT2D eigenvalue weighted by Crippen LogP contribution is 2.23. The van der Waals surface area contributed by atoms with Crippen LogP contribution in [0.25, 0.3) is 0 Å². The Morgan fingerprint density at radius 2 is 1.66 bits per heavy atom. The first-order valence-electron chi connectivity index (χ1n) is 10.0. The van der Waals surface area contributed by atoms with Crippen LogP contribution in [0.4, 0.5) is 5.69 Å². The topological polar surface area (TPSA) is 84.5 Å². The molecule has 2 N–H and O–H groups in total. The number of amides is 1. The van der Waals surface area contributed by atoms with Gasteiger partial charge in [-0.2, -0.15) is 0 Å². The zero-order valence-electron chi connectivity index (χ0n) is 18.1. The summed E-state index contributed by atoms with van der Waals surface area (Å²) in [6.07, 6.45) is 0. The number of hydrogen-bond donors (Lipinski definition) is 2. The van der Waals surface area contributed by atoms with E-state index in [0.29, 0.717) is 11.4 Å². The van der Waals surface area contributed by atoms with E-state index in [9.17, 15) is 13.2 Å². The molecule has 3 rings (SSSR count). The molecule has 0 fully saturated rings. The summed E-state index contributed by atoms with van der Waals surface area (Å²) in [5, 5.41) is 2.87. The van der Waals surface area contributed by atoms with Crippen molar-refractivity contribution < 1.29 is 17.9 Å². The Bertz CT molecular complexity index is 1190. The van der Waals surface area contributed by atoms with E-state index < -0.39 is 10.0 Å². The normalized spacial score (nSPS) is 12.1. The smallest absolute Gasteiger partial charge is 0.261 e. The van der Waals surface area contributed by atoms with Crippen LogP contribution in [0.1, 0.15) is 29.7 Å². The van der Waals surface area contributed by atoms with Gasteiger partial charge in [0.15, 0.2) is 6.61 Å². The summed E-state index contributed by atoms with van der Waals surface area (Å²) in [5.74, 6) is 0.135. The Hall–Kier alpha value is -2.84. The zero-order valence-corrected chi connectivity index (χ0v) is 20.5. The third-order valence-electron chi connectivity index (χ3n) is 4.89. The molecule has 0 aromatic heterocycles. The number of carbonyl (C=O) groups is 1. The molecular weight excluding hydrogens is 492 g/mol. The first-order chi connectivity index (χ1) is 15.1. The number of carbonyl (C=O) groups excluding carboxylic acids is 1. The van der Waals surface area contributed by atoms with Gasteiger partial charge in [-0.3, -0.25) is 9.52 Å². The molecular formula is C24H25BrN2O4S. The lowest BCUT2D eigenvalue weighted by atomic mass is 10.1. The van der Waals surface area contributed by atoms with Crippen LogP contribution in [-0.4, -0.2) is 20.9 Å². The molecule has 0 bridgehead atoms. The molecule has 0 aliphatic rings. The van der Waals surface area contributed by atoms with Gasteiger partial charge in [0.25, 0.3) is 15.9 Å². The number of nitrogens with one attached hydrogen (secondary N) is 2. The Balaban J connectivity index is 1.57. The lowest BCUT2D eigenvalue weighted by molar-refractivity contribution is -0.123. The van der Waals surface area contributed by atoms with Crippen LogP contribution in [0.5, 0.6) is 5.75 Å². The highest BCUT2D eigenvalue weighted by molar-refractivity contribution is 9.10. The zero-order chi connectivity index (χ0) is 23.3. The Kier molecular flexibility index (Phi) is 7.58. The minimum atomic E-state index is -3.74. The van der Waals surface area contributed by atoms with Crippen molar-refractivity contribution in [3.63, 3.8) is 0 Å². The fourth-order valence-corrected chi connectivity index (χ4v) is 4.42. The molecule has 0 spiro atoms. The molecule has 32 heavy (non-hydrogen) atoms. The number of rotatable bonds is 8. The standard InChI is InChI=1S/C24H25BrN2O4S/c1-16-4-5-17(2)23(14-16)27-32(29,30)22-12-10-21(11-13-22)31-15-24(28)26-18(3)19-6-8-20(25)9-7-19/h4-14,18,27H,15H2,1-3H3,(H,26,28). The third-order valence-corrected chi connectivity index (χ3v) is 6.80. The molecule has 0 saturated heterocycles. The molecule has 1 unspecified atom stereocenters. The van der Waals surface area contributed by atoms with E-state index in [0.717, 1.165) is 21.2 Å². The van der Waals surface area contributed by atoms with E-state index in [1.54, 1.807) is 6.07 Å². The van der Waals surface area contributed by atoms with Gasteiger partial charge in [0, 0.05) is 4.47 Å². The van der Waals surface area contributed by atoms with Crippen molar-refractivity contribution in [1.82, 2.24) is 5.32 Å². The van der Waals surface area contributed by atoms with Crippen molar-refractivity contribution in [2.75, 3.05) is 11.3 Å². The van der Waals surface area contributed by atoms with Crippen molar-refractivity contribution in [1.29, 1.82) is 0 Å².